The first-order chi connectivity index (χ1) is 16.1. The summed E-state index contributed by atoms with van der Waals surface area (Å²) in [6.07, 6.45) is 5.16. The fraction of sp³-hybridized carbons (Fsp3) is 0.542. The van der Waals surface area contributed by atoms with Crippen molar-refractivity contribution in [3.8, 4) is 23.2 Å². The molecule has 1 aliphatic carbocycles. The van der Waals surface area contributed by atoms with Crippen LogP contribution in [-0.2, 0) is 4.74 Å². The van der Waals surface area contributed by atoms with Gasteiger partial charge in [0.1, 0.15) is 28.7 Å². The van der Waals surface area contributed by atoms with Crippen molar-refractivity contribution in [1.82, 2.24) is 29.3 Å². The number of rotatable bonds is 2. The average molecular weight is 464 g/mol. The molecule has 0 atom stereocenters. The second kappa shape index (κ2) is 7.72. The first kappa shape index (κ1) is 22.2. The van der Waals surface area contributed by atoms with Crippen LogP contribution < -0.4 is 0 Å². The maximum absolute atomic E-state index is 12.4. The third-order valence-electron chi connectivity index (χ3n) is 7.06. The third kappa shape index (κ3) is 3.75. The number of nitriles is 1. The third-order valence-corrected chi connectivity index (χ3v) is 7.06. The number of imidazole rings is 1. The number of amides is 1. The highest BCUT2D eigenvalue weighted by molar-refractivity contribution is 5.69. The quantitative estimate of drug-likeness (QED) is 0.613. The van der Waals surface area contributed by atoms with Gasteiger partial charge in [0.05, 0.1) is 17.9 Å². The van der Waals surface area contributed by atoms with Gasteiger partial charge < -0.3 is 14.7 Å². The fourth-order valence-corrected chi connectivity index (χ4v) is 5.27. The van der Waals surface area contributed by atoms with Gasteiger partial charge in [-0.15, -0.1) is 5.10 Å². The molecule has 1 N–H and O–H groups in total. The van der Waals surface area contributed by atoms with Crippen molar-refractivity contribution < 1.29 is 14.6 Å². The molecular weight excluding hydrogens is 434 g/mol. The lowest BCUT2D eigenvalue weighted by molar-refractivity contribution is -0.0265. The van der Waals surface area contributed by atoms with Crippen molar-refractivity contribution in [2.45, 2.75) is 65.0 Å². The topological polar surface area (TPSA) is 122 Å². The van der Waals surface area contributed by atoms with E-state index in [2.05, 4.69) is 15.3 Å². The lowest BCUT2D eigenvalue weighted by Gasteiger charge is -2.52. The maximum atomic E-state index is 12.4. The number of likely N-dealkylation sites (tertiary alicyclic amines) is 1. The van der Waals surface area contributed by atoms with Gasteiger partial charge in [-0.25, -0.2) is 14.5 Å². The van der Waals surface area contributed by atoms with Gasteiger partial charge in [0.2, 0.25) is 0 Å². The molecule has 5 rings (SSSR count). The van der Waals surface area contributed by atoms with E-state index in [4.69, 9.17) is 4.74 Å². The van der Waals surface area contributed by atoms with Gasteiger partial charge in [0, 0.05) is 24.7 Å². The molecule has 3 aromatic heterocycles. The van der Waals surface area contributed by atoms with Crippen molar-refractivity contribution >= 4 is 11.7 Å². The second-order valence-electron chi connectivity index (χ2n) is 10.5. The molecule has 1 amide bonds. The van der Waals surface area contributed by atoms with Crippen LogP contribution in [0.15, 0.2) is 18.3 Å². The van der Waals surface area contributed by atoms with Crippen LogP contribution in [0.1, 0.15) is 63.9 Å². The van der Waals surface area contributed by atoms with Gasteiger partial charge in [-0.3, -0.25) is 4.40 Å². The SMILES string of the molecule is Cc1c(-c2cc(O)n3c(C#N)cnc3c2)nnn1C1CC2(CCN(C(=O)OC(C)(C)C)CC2)C1. The summed E-state index contributed by atoms with van der Waals surface area (Å²) in [5.41, 5.74) is 2.86. The molecular formula is C24H29N7O3. The Morgan fingerprint density at radius 2 is 1.97 bits per heavy atom. The largest absolute Gasteiger partial charge is 0.494 e. The number of ether oxygens (including phenoxy) is 1. The molecule has 0 radical (unpaired) electrons. The number of piperidine rings is 1. The Morgan fingerprint density at radius 1 is 1.26 bits per heavy atom. The van der Waals surface area contributed by atoms with E-state index in [9.17, 15) is 15.2 Å². The highest BCUT2D eigenvalue weighted by Crippen LogP contribution is 2.55. The number of aromatic nitrogens is 5. The second-order valence-corrected chi connectivity index (χ2v) is 10.5. The van der Waals surface area contributed by atoms with E-state index in [-0.39, 0.29) is 29.1 Å². The van der Waals surface area contributed by atoms with E-state index in [1.807, 2.05) is 43.3 Å². The Bertz CT molecular complexity index is 1290. The van der Waals surface area contributed by atoms with E-state index >= 15 is 0 Å². The lowest BCUT2D eigenvalue weighted by atomic mass is 9.60. The number of carbonyl (C=O) groups is 1. The minimum absolute atomic E-state index is 0.0603. The van der Waals surface area contributed by atoms with Gasteiger partial charge >= 0.3 is 6.09 Å². The number of fused-ring (bicyclic) bond motifs is 1. The first-order valence-corrected chi connectivity index (χ1v) is 11.6. The van der Waals surface area contributed by atoms with Gasteiger partial charge in [0.15, 0.2) is 5.88 Å². The number of hydrogen-bond acceptors (Lipinski definition) is 7. The first-order valence-electron chi connectivity index (χ1n) is 11.6. The maximum Gasteiger partial charge on any atom is 0.410 e. The number of aromatic hydroxyl groups is 1. The zero-order chi connectivity index (χ0) is 24.3. The van der Waals surface area contributed by atoms with Crippen LogP contribution in [0, 0.1) is 23.7 Å². The van der Waals surface area contributed by atoms with Crippen LogP contribution in [-0.4, -0.2) is 59.2 Å². The molecule has 34 heavy (non-hydrogen) atoms. The van der Waals surface area contributed by atoms with Crippen LogP contribution in [0.25, 0.3) is 16.9 Å². The smallest absolute Gasteiger partial charge is 0.410 e. The number of carbonyl (C=O) groups excluding carboxylic acids is 1. The highest BCUT2D eigenvalue weighted by Gasteiger charge is 2.48. The van der Waals surface area contributed by atoms with Crippen molar-refractivity contribution in [3.63, 3.8) is 0 Å². The Hall–Kier alpha value is -3.61. The molecule has 1 saturated carbocycles. The molecule has 2 fully saturated rings. The molecule has 0 unspecified atom stereocenters. The lowest BCUT2D eigenvalue weighted by Crippen LogP contribution is -2.50. The Labute approximate surface area is 197 Å². The van der Waals surface area contributed by atoms with Crippen LogP contribution in [0.5, 0.6) is 5.88 Å². The minimum Gasteiger partial charge on any atom is -0.494 e. The number of nitrogens with zero attached hydrogens (tertiary/aromatic N) is 7. The summed E-state index contributed by atoms with van der Waals surface area (Å²) >= 11 is 0. The van der Waals surface area contributed by atoms with E-state index in [1.165, 1.54) is 10.6 Å². The predicted molar refractivity (Wildman–Crippen MR) is 123 cm³/mol. The molecule has 1 aliphatic heterocycles. The van der Waals surface area contributed by atoms with E-state index < -0.39 is 5.60 Å². The molecule has 0 aromatic carbocycles. The molecule has 4 heterocycles. The van der Waals surface area contributed by atoms with E-state index in [0.29, 0.717) is 16.9 Å². The standard InChI is InChI=1S/C24H29N7O3/c1-15-21(16-9-19-26-14-18(13-25)30(19)20(32)10-16)27-28-31(15)17-11-24(12-17)5-7-29(8-6-24)22(33)34-23(2,3)4/h9-10,14,17,32H,5-8,11-12H2,1-4H3. The fourth-order valence-electron chi connectivity index (χ4n) is 5.27. The van der Waals surface area contributed by atoms with Crippen molar-refractivity contribution in [2.24, 2.45) is 5.41 Å². The van der Waals surface area contributed by atoms with Crippen LogP contribution in [0.2, 0.25) is 0 Å². The summed E-state index contributed by atoms with van der Waals surface area (Å²) in [5, 5.41) is 28.5. The molecule has 178 valence electrons. The molecule has 1 spiro atoms. The molecule has 10 nitrogen and oxygen atoms in total. The zero-order valence-electron chi connectivity index (χ0n) is 19.9. The molecule has 0 bridgehead atoms. The summed E-state index contributed by atoms with van der Waals surface area (Å²) in [6.45, 7) is 9.09. The Kier molecular flexibility index (Phi) is 5.04. The Balaban J connectivity index is 1.27. The summed E-state index contributed by atoms with van der Waals surface area (Å²) in [4.78, 5) is 18.4. The van der Waals surface area contributed by atoms with E-state index in [1.54, 1.807) is 12.1 Å². The summed E-state index contributed by atoms with van der Waals surface area (Å²) in [6, 6.07) is 5.68. The highest BCUT2D eigenvalue weighted by atomic mass is 16.6. The molecule has 3 aromatic rings. The normalized spacial score (nSPS) is 18.1. The predicted octanol–water partition coefficient (Wildman–Crippen LogP) is 3.83. The summed E-state index contributed by atoms with van der Waals surface area (Å²) in [7, 11) is 0. The minimum atomic E-state index is -0.479. The van der Waals surface area contributed by atoms with Crippen LogP contribution >= 0.6 is 0 Å². The average Bonchev–Trinajstić information content (AvgIpc) is 3.34. The van der Waals surface area contributed by atoms with Crippen molar-refractivity contribution in [2.75, 3.05) is 13.1 Å². The van der Waals surface area contributed by atoms with Crippen LogP contribution in [0.3, 0.4) is 0 Å². The molecule has 1 saturated heterocycles. The summed E-state index contributed by atoms with van der Waals surface area (Å²) < 4.78 is 8.90. The van der Waals surface area contributed by atoms with E-state index in [0.717, 1.165) is 44.5 Å². The van der Waals surface area contributed by atoms with Crippen molar-refractivity contribution in [3.05, 3.63) is 29.7 Å². The Morgan fingerprint density at radius 3 is 2.62 bits per heavy atom. The van der Waals surface area contributed by atoms with Gasteiger partial charge in [0.25, 0.3) is 0 Å². The van der Waals surface area contributed by atoms with Gasteiger partial charge in [-0.1, -0.05) is 5.21 Å². The van der Waals surface area contributed by atoms with Crippen molar-refractivity contribution in [1.29, 1.82) is 5.26 Å². The molecule has 2 aliphatic rings. The van der Waals surface area contributed by atoms with Crippen LogP contribution in [0.4, 0.5) is 4.79 Å². The molecule has 10 heteroatoms. The number of hydrogen-bond donors (Lipinski definition) is 1. The zero-order valence-corrected chi connectivity index (χ0v) is 19.9. The van der Waals surface area contributed by atoms with Gasteiger partial charge in [-0.2, -0.15) is 5.26 Å². The number of pyridine rings is 1. The van der Waals surface area contributed by atoms with Gasteiger partial charge in [-0.05, 0) is 64.9 Å². The monoisotopic (exact) mass is 463 g/mol. The summed E-state index contributed by atoms with van der Waals surface area (Å²) in [5.74, 6) is -0.0603.